The minimum Gasteiger partial charge on any atom is -0.443 e. The molecule has 0 N–H and O–H groups in total. The number of pyridine rings is 1. The summed E-state index contributed by atoms with van der Waals surface area (Å²) in [5.41, 5.74) is -0.568. The van der Waals surface area contributed by atoms with Crippen LogP contribution in [0.3, 0.4) is 0 Å². The van der Waals surface area contributed by atoms with Crippen LogP contribution in [0.5, 0.6) is 0 Å². The number of aromatic nitrogens is 3. The van der Waals surface area contributed by atoms with Gasteiger partial charge in [0.15, 0.2) is 12.2 Å². The lowest BCUT2D eigenvalue weighted by Gasteiger charge is -2.16. The van der Waals surface area contributed by atoms with Gasteiger partial charge in [0.2, 0.25) is 0 Å². The first-order valence-electron chi connectivity index (χ1n) is 8.17. The van der Waals surface area contributed by atoms with Gasteiger partial charge in [-0.3, -0.25) is 9.20 Å². The highest BCUT2D eigenvalue weighted by atomic mass is 19.4. The summed E-state index contributed by atoms with van der Waals surface area (Å²) in [5.74, 6) is -0.263. The van der Waals surface area contributed by atoms with Crippen molar-refractivity contribution in [2.75, 3.05) is 20.2 Å². The number of hydrogen-bond donors (Lipinski definition) is 0. The third-order valence-corrected chi connectivity index (χ3v) is 4.62. The summed E-state index contributed by atoms with van der Waals surface area (Å²) < 4.78 is 51.7. The summed E-state index contributed by atoms with van der Waals surface area (Å²) in [6.07, 6.45) is 0.574. The highest BCUT2D eigenvalue weighted by molar-refractivity contribution is 5.94. The Morgan fingerprint density at radius 1 is 1.37 bits per heavy atom. The fourth-order valence-corrected chi connectivity index (χ4v) is 3.20. The number of amides is 1. The molecule has 1 atom stereocenters. The third-order valence-electron chi connectivity index (χ3n) is 4.62. The second-order valence-corrected chi connectivity index (χ2v) is 6.24. The van der Waals surface area contributed by atoms with E-state index in [1.807, 2.05) is 0 Å². The van der Waals surface area contributed by atoms with E-state index in [1.165, 1.54) is 12.4 Å². The number of alkyl halides is 3. The topological polar surface area (TPSA) is 72.9 Å². The number of carbonyl (C=O) groups is 1. The monoisotopic (exact) mass is 380 g/mol. The molecule has 10 heteroatoms. The van der Waals surface area contributed by atoms with Crippen molar-refractivity contribution in [1.29, 1.82) is 0 Å². The second-order valence-electron chi connectivity index (χ2n) is 6.24. The zero-order chi connectivity index (χ0) is 19.2. The number of hydrogen-bond acceptors (Lipinski definition) is 5. The lowest BCUT2D eigenvalue weighted by molar-refractivity contribution is -0.137. The van der Waals surface area contributed by atoms with Crippen LogP contribution >= 0.6 is 0 Å². The highest BCUT2D eigenvalue weighted by Gasteiger charge is 2.34. The van der Waals surface area contributed by atoms with Gasteiger partial charge in [-0.1, -0.05) is 0 Å². The molecule has 4 heterocycles. The Kier molecular flexibility index (Phi) is 4.14. The number of ether oxygens (including phenoxy) is 1. The van der Waals surface area contributed by atoms with E-state index in [9.17, 15) is 18.0 Å². The molecule has 1 aliphatic heterocycles. The SMILES string of the molecule is CO[C@H]1CCN(C(=O)c2cnc3c(-c4cnco4)cc(C(F)(F)F)cn23)C1. The Labute approximate surface area is 151 Å². The van der Waals surface area contributed by atoms with Crippen molar-refractivity contribution in [1.82, 2.24) is 19.3 Å². The molecule has 1 saturated heterocycles. The van der Waals surface area contributed by atoms with E-state index in [4.69, 9.17) is 9.15 Å². The van der Waals surface area contributed by atoms with Crippen molar-refractivity contribution in [3.05, 3.63) is 42.3 Å². The summed E-state index contributed by atoms with van der Waals surface area (Å²) in [4.78, 5) is 22.3. The molecule has 4 rings (SSSR count). The van der Waals surface area contributed by atoms with Gasteiger partial charge in [-0.2, -0.15) is 13.2 Å². The zero-order valence-corrected chi connectivity index (χ0v) is 14.2. The summed E-state index contributed by atoms with van der Waals surface area (Å²) in [6.45, 7) is 0.856. The average molecular weight is 380 g/mol. The molecule has 0 aliphatic carbocycles. The number of nitrogens with zero attached hydrogens (tertiary/aromatic N) is 4. The van der Waals surface area contributed by atoms with Crippen LogP contribution in [-0.4, -0.2) is 51.5 Å². The first kappa shape index (κ1) is 17.5. The summed E-state index contributed by atoms with van der Waals surface area (Å²) in [6, 6.07) is 0.938. The molecule has 0 aromatic carbocycles. The van der Waals surface area contributed by atoms with Gasteiger partial charge in [-0.25, -0.2) is 9.97 Å². The predicted octanol–water partition coefficient (Wildman–Crippen LogP) is 2.87. The molecule has 0 spiro atoms. The molecule has 0 unspecified atom stereocenters. The number of rotatable bonds is 3. The minimum absolute atomic E-state index is 0.0496. The number of likely N-dealkylation sites (tertiary alicyclic amines) is 1. The van der Waals surface area contributed by atoms with Gasteiger partial charge >= 0.3 is 6.18 Å². The summed E-state index contributed by atoms with van der Waals surface area (Å²) >= 11 is 0. The maximum atomic E-state index is 13.4. The second kappa shape index (κ2) is 6.38. The Hall–Kier alpha value is -2.88. The molecule has 3 aromatic rings. The fraction of sp³-hybridized carbons (Fsp3) is 0.353. The average Bonchev–Trinajstić information content (AvgIpc) is 3.39. The highest BCUT2D eigenvalue weighted by Crippen LogP contribution is 2.34. The van der Waals surface area contributed by atoms with Crippen molar-refractivity contribution in [3.63, 3.8) is 0 Å². The molecule has 142 valence electrons. The van der Waals surface area contributed by atoms with Gasteiger partial charge in [0.05, 0.1) is 29.6 Å². The smallest absolute Gasteiger partial charge is 0.417 e. The van der Waals surface area contributed by atoms with Gasteiger partial charge in [0.1, 0.15) is 11.3 Å². The Bertz CT molecular complexity index is 981. The number of halogens is 3. The van der Waals surface area contributed by atoms with Crippen LogP contribution in [0.2, 0.25) is 0 Å². The van der Waals surface area contributed by atoms with Gasteiger partial charge in [0.25, 0.3) is 5.91 Å². The molecule has 0 saturated carbocycles. The van der Waals surface area contributed by atoms with Crippen molar-refractivity contribution >= 4 is 11.6 Å². The number of methoxy groups -OCH3 is 1. The zero-order valence-electron chi connectivity index (χ0n) is 14.2. The van der Waals surface area contributed by atoms with Crippen molar-refractivity contribution in [2.24, 2.45) is 0 Å². The molecular weight excluding hydrogens is 365 g/mol. The maximum Gasteiger partial charge on any atom is 0.417 e. The van der Waals surface area contributed by atoms with Crippen LogP contribution in [0.15, 0.2) is 35.5 Å². The lowest BCUT2D eigenvalue weighted by Crippen LogP contribution is -2.30. The van der Waals surface area contributed by atoms with E-state index in [1.54, 1.807) is 12.0 Å². The van der Waals surface area contributed by atoms with E-state index in [0.29, 0.717) is 19.5 Å². The quantitative estimate of drug-likeness (QED) is 0.699. The standard InChI is InChI=1S/C17H15F3N4O3/c1-26-11-2-3-23(8-11)16(25)13-5-22-15-12(14-6-21-9-27-14)4-10(7-24(13)15)17(18,19)20/h4-7,9,11H,2-3,8H2,1H3/t11-/m0/s1. The van der Waals surface area contributed by atoms with E-state index in [-0.39, 0.29) is 28.8 Å². The van der Waals surface area contributed by atoms with Crippen LogP contribution < -0.4 is 0 Å². The lowest BCUT2D eigenvalue weighted by atomic mass is 10.1. The number of fused-ring (bicyclic) bond motifs is 1. The Morgan fingerprint density at radius 3 is 2.81 bits per heavy atom. The van der Waals surface area contributed by atoms with E-state index in [0.717, 1.165) is 23.1 Å². The van der Waals surface area contributed by atoms with Crippen molar-refractivity contribution < 1.29 is 27.1 Å². The fourth-order valence-electron chi connectivity index (χ4n) is 3.20. The van der Waals surface area contributed by atoms with Gasteiger partial charge in [-0.05, 0) is 12.5 Å². The Morgan fingerprint density at radius 2 is 2.19 bits per heavy atom. The van der Waals surface area contributed by atoms with E-state index in [2.05, 4.69) is 9.97 Å². The number of imidazole rings is 1. The van der Waals surface area contributed by atoms with Gasteiger partial charge in [-0.15, -0.1) is 0 Å². The largest absolute Gasteiger partial charge is 0.443 e. The van der Waals surface area contributed by atoms with Crippen LogP contribution in [0.25, 0.3) is 17.0 Å². The Balaban J connectivity index is 1.84. The van der Waals surface area contributed by atoms with Crippen LogP contribution in [-0.2, 0) is 10.9 Å². The molecule has 1 amide bonds. The maximum absolute atomic E-state index is 13.4. The van der Waals surface area contributed by atoms with E-state index >= 15 is 0 Å². The normalized spacial score (nSPS) is 17.8. The molecule has 3 aromatic heterocycles. The molecule has 7 nitrogen and oxygen atoms in total. The summed E-state index contributed by atoms with van der Waals surface area (Å²) in [7, 11) is 1.56. The van der Waals surface area contributed by atoms with Crippen LogP contribution in [0, 0.1) is 0 Å². The van der Waals surface area contributed by atoms with Crippen LogP contribution in [0.1, 0.15) is 22.5 Å². The number of oxazole rings is 1. The van der Waals surface area contributed by atoms with E-state index < -0.39 is 17.6 Å². The van der Waals surface area contributed by atoms with Crippen LogP contribution in [0.4, 0.5) is 13.2 Å². The molecule has 1 aliphatic rings. The molecule has 1 fully saturated rings. The predicted molar refractivity (Wildman–Crippen MR) is 87.0 cm³/mol. The first-order chi connectivity index (χ1) is 12.9. The molecular formula is C17H15F3N4O3. The first-order valence-corrected chi connectivity index (χ1v) is 8.17. The minimum atomic E-state index is -4.59. The van der Waals surface area contributed by atoms with Gasteiger partial charge < -0.3 is 14.1 Å². The molecule has 27 heavy (non-hydrogen) atoms. The molecule has 0 bridgehead atoms. The third kappa shape index (κ3) is 3.05. The van der Waals surface area contributed by atoms with Crippen molar-refractivity contribution in [2.45, 2.75) is 18.7 Å². The van der Waals surface area contributed by atoms with Crippen molar-refractivity contribution in [3.8, 4) is 11.3 Å². The van der Waals surface area contributed by atoms with Gasteiger partial charge in [0, 0.05) is 26.4 Å². The summed E-state index contributed by atoms with van der Waals surface area (Å²) in [5, 5.41) is 0. The molecule has 0 radical (unpaired) electrons. The number of carbonyl (C=O) groups excluding carboxylic acids is 1.